The van der Waals surface area contributed by atoms with E-state index in [4.69, 9.17) is 0 Å². The molecule has 0 fully saturated rings. The summed E-state index contributed by atoms with van der Waals surface area (Å²) in [5, 5.41) is 38.5. The topological polar surface area (TPSA) is 139 Å². The van der Waals surface area contributed by atoms with Gasteiger partial charge < -0.3 is 9.80 Å². The number of nitro groups is 1. The third-order valence-corrected chi connectivity index (χ3v) is 6.98. The lowest BCUT2D eigenvalue weighted by atomic mass is 10.1. The van der Waals surface area contributed by atoms with Crippen molar-refractivity contribution < 1.29 is 9.72 Å². The summed E-state index contributed by atoms with van der Waals surface area (Å²) >= 11 is 0. The summed E-state index contributed by atoms with van der Waals surface area (Å²) in [6, 6.07) is 19.3. The molecule has 192 valence electrons. The third kappa shape index (κ3) is 4.49. The molecule has 0 saturated heterocycles. The van der Waals surface area contributed by atoms with Crippen LogP contribution < -0.4 is 4.90 Å². The van der Waals surface area contributed by atoms with E-state index in [0.717, 1.165) is 65.3 Å². The minimum atomic E-state index is -0.660. The number of aryl methyl sites for hydroxylation is 1. The van der Waals surface area contributed by atoms with Crippen molar-refractivity contribution in [3.8, 4) is 12.1 Å². The minimum absolute atomic E-state index is 0.0110. The number of nitrogens with zero attached hydrogens (tertiary/aromatic N) is 7. The van der Waals surface area contributed by atoms with Crippen molar-refractivity contribution in [3.63, 3.8) is 0 Å². The van der Waals surface area contributed by atoms with Crippen molar-refractivity contribution in [2.24, 2.45) is 10.2 Å². The lowest BCUT2D eigenvalue weighted by Gasteiger charge is -2.33. The summed E-state index contributed by atoms with van der Waals surface area (Å²) in [5.74, 6) is 0.0356. The molecule has 2 heterocycles. The second kappa shape index (κ2) is 10.2. The number of non-ortho nitro benzene ring substituents is 1. The van der Waals surface area contributed by atoms with Crippen LogP contribution in [0.2, 0.25) is 0 Å². The fourth-order valence-corrected chi connectivity index (χ4v) is 5.06. The summed E-state index contributed by atoms with van der Waals surface area (Å²) in [7, 11) is 0. The number of rotatable bonds is 4. The highest BCUT2D eigenvalue weighted by Crippen LogP contribution is 2.39. The van der Waals surface area contributed by atoms with Gasteiger partial charge in [0.05, 0.1) is 27.4 Å². The maximum absolute atomic E-state index is 13.1. The number of nitriles is 2. The van der Waals surface area contributed by atoms with Gasteiger partial charge in [-0.25, -0.2) is 0 Å². The van der Waals surface area contributed by atoms with E-state index in [-0.39, 0.29) is 28.4 Å². The lowest BCUT2D eigenvalue weighted by Crippen LogP contribution is -2.33. The molecule has 39 heavy (non-hydrogen) atoms. The number of anilines is 1. The van der Waals surface area contributed by atoms with Gasteiger partial charge in [0.25, 0.3) is 11.6 Å². The molecule has 2 aliphatic heterocycles. The summed E-state index contributed by atoms with van der Waals surface area (Å²) in [6.45, 7) is 5.40. The normalized spacial score (nSPS) is 16.8. The number of hydrogen-bond donors (Lipinski definition) is 0. The van der Waals surface area contributed by atoms with Crippen molar-refractivity contribution >= 4 is 34.4 Å². The van der Waals surface area contributed by atoms with E-state index in [9.17, 15) is 25.4 Å². The van der Waals surface area contributed by atoms with E-state index >= 15 is 0 Å². The van der Waals surface area contributed by atoms with Gasteiger partial charge in [-0.3, -0.25) is 14.9 Å². The predicted octanol–water partition coefficient (Wildman–Crippen LogP) is 6.51. The van der Waals surface area contributed by atoms with Crippen LogP contribution in [0.5, 0.6) is 0 Å². The van der Waals surface area contributed by atoms with Crippen LogP contribution in [0, 0.1) is 39.7 Å². The molecule has 0 N–H and O–H groups in total. The van der Waals surface area contributed by atoms with Crippen molar-refractivity contribution in [3.05, 3.63) is 98.2 Å². The van der Waals surface area contributed by atoms with Crippen molar-refractivity contribution in [2.75, 3.05) is 18.0 Å². The summed E-state index contributed by atoms with van der Waals surface area (Å²) in [5.41, 5.74) is 5.32. The van der Waals surface area contributed by atoms with Gasteiger partial charge in [-0.2, -0.15) is 15.6 Å². The number of azo groups is 1. The molecular weight excluding hydrogens is 494 g/mol. The first-order valence-electron chi connectivity index (χ1n) is 12.4. The molecular formula is C29H23N7O3. The van der Waals surface area contributed by atoms with Crippen LogP contribution in [0.15, 0.2) is 70.5 Å². The third-order valence-electron chi connectivity index (χ3n) is 6.98. The van der Waals surface area contributed by atoms with Gasteiger partial charge in [-0.15, -0.1) is 5.11 Å². The largest absolute Gasteiger partial charge is 0.343 e. The first kappa shape index (κ1) is 25.3. The smallest absolute Gasteiger partial charge is 0.272 e. The van der Waals surface area contributed by atoms with Crippen LogP contribution in [0.25, 0.3) is 5.70 Å². The summed E-state index contributed by atoms with van der Waals surface area (Å²) < 4.78 is 0. The number of carbonyl (C=O) groups is 1. The van der Waals surface area contributed by atoms with Crippen LogP contribution >= 0.6 is 0 Å². The number of benzene rings is 3. The molecule has 1 amide bonds. The van der Waals surface area contributed by atoms with Crippen LogP contribution in [0.3, 0.4) is 0 Å². The van der Waals surface area contributed by atoms with Gasteiger partial charge in [-0.05, 0) is 56.5 Å². The van der Waals surface area contributed by atoms with Crippen molar-refractivity contribution in [1.82, 2.24) is 4.90 Å². The summed E-state index contributed by atoms with van der Waals surface area (Å²) in [6.07, 6.45) is 1.80. The molecule has 0 saturated carbocycles. The molecule has 2 aliphatic rings. The highest BCUT2D eigenvalue weighted by Gasteiger charge is 2.35. The van der Waals surface area contributed by atoms with E-state index in [1.165, 1.54) is 0 Å². The molecule has 0 radical (unpaired) electrons. The highest BCUT2D eigenvalue weighted by molar-refractivity contribution is 6.10. The van der Waals surface area contributed by atoms with Gasteiger partial charge in [0.2, 0.25) is 0 Å². The fourth-order valence-electron chi connectivity index (χ4n) is 5.06. The Labute approximate surface area is 224 Å². The Morgan fingerprint density at radius 1 is 0.897 bits per heavy atom. The molecule has 10 nitrogen and oxygen atoms in total. The highest BCUT2D eigenvalue weighted by atomic mass is 16.6. The maximum Gasteiger partial charge on any atom is 0.272 e. The van der Waals surface area contributed by atoms with Crippen molar-refractivity contribution in [2.45, 2.75) is 26.7 Å². The number of nitro benzene ring substituents is 1. The molecule has 3 aromatic carbocycles. The zero-order valence-electron chi connectivity index (χ0n) is 21.4. The maximum atomic E-state index is 13.1. The van der Waals surface area contributed by atoms with Gasteiger partial charge in [-0.1, -0.05) is 18.2 Å². The Hall–Kier alpha value is -5.35. The Morgan fingerprint density at radius 3 is 2.15 bits per heavy atom. The number of amides is 1. The monoisotopic (exact) mass is 517 g/mol. The molecule has 0 atom stereocenters. The van der Waals surface area contributed by atoms with E-state index in [2.05, 4.69) is 15.1 Å². The average Bonchev–Trinajstić information content (AvgIpc) is 3.21. The molecule has 0 spiro atoms. The van der Waals surface area contributed by atoms with Gasteiger partial charge in [0.15, 0.2) is 0 Å². The molecule has 10 heteroatoms. The number of allylic oxidation sites excluding steroid dienone is 1. The Bertz CT molecular complexity index is 1640. The standard InChI is InChI=1S/C29H23N7O3/c1-18-13-22(9-10-26(18)32-33-27-20(16-30)14-23(36(38)39)15-21(27)17-31)34-11-5-6-12-35-28(19(34)2)24-7-3-4-8-25(24)29(35)37/h3-4,7-10,13-15H,5-6,11-12H2,1-2H3/b28-19+,33-32+. The van der Waals surface area contributed by atoms with E-state index in [1.807, 2.05) is 67.3 Å². The number of fused-ring (bicyclic) bond motifs is 3. The van der Waals surface area contributed by atoms with Gasteiger partial charge >= 0.3 is 0 Å². The van der Waals surface area contributed by atoms with E-state index in [1.54, 1.807) is 6.07 Å². The minimum Gasteiger partial charge on any atom is -0.343 e. The zero-order valence-corrected chi connectivity index (χ0v) is 21.4. The van der Waals surface area contributed by atoms with E-state index in [0.29, 0.717) is 12.2 Å². The Morgan fingerprint density at radius 2 is 1.54 bits per heavy atom. The molecule has 0 unspecified atom stereocenters. The molecule has 0 bridgehead atoms. The first-order chi connectivity index (χ1) is 18.8. The van der Waals surface area contributed by atoms with Crippen molar-refractivity contribution in [1.29, 1.82) is 10.5 Å². The van der Waals surface area contributed by atoms with Crippen LogP contribution in [-0.2, 0) is 0 Å². The second-order valence-corrected chi connectivity index (χ2v) is 9.34. The molecule has 0 aromatic heterocycles. The molecule has 5 rings (SSSR count). The second-order valence-electron chi connectivity index (χ2n) is 9.34. The summed E-state index contributed by atoms with van der Waals surface area (Å²) in [4.78, 5) is 27.7. The van der Waals surface area contributed by atoms with Crippen LogP contribution in [0.1, 0.15) is 52.4 Å². The van der Waals surface area contributed by atoms with Crippen LogP contribution in [-0.4, -0.2) is 28.8 Å². The predicted molar refractivity (Wildman–Crippen MR) is 145 cm³/mol. The molecule has 0 aliphatic carbocycles. The van der Waals surface area contributed by atoms with E-state index < -0.39 is 4.92 Å². The zero-order chi connectivity index (χ0) is 27.7. The number of hydrogen-bond acceptors (Lipinski definition) is 8. The van der Waals surface area contributed by atoms with Crippen LogP contribution in [0.4, 0.5) is 22.7 Å². The SMILES string of the molecule is C/C1=C2/c3ccccc3C(=O)N2CCCCN1c1ccc(/N=N/c2c(C#N)cc([N+](=O)[O-])cc2C#N)c(C)c1. The van der Waals surface area contributed by atoms with Gasteiger partial charge in [0.1, 0.15) is 17.8 Å². The fraction of sp³-hybridized carbons (Fsp3) is 0.207. The first-order valence-corrected chi connectivity index (χ1v) is 12.4. The number of carbonyl (C=O) groups excluding carboxylic acids is 1. The Balaban J connectivity index is 1.51. The quantitative estimate of drug-likeness (QED) is 0.220. The average molecular weight is 518 g/mol. The van der Waals surface area contributed by atoms with Gasteiger partial charge in [0, 0.05) is 47.7 Å². The lowest BCUT2D eigenvalue weighted by molar-refractivity contribution is -0.384. The Kier molecular flexibility index (Phi) is 6.61. The molecule has 3 aromatic rings.